The molecule has 0 unspecified atom stereocenters. The minimum absolute atomic E-state index is 0.00880. The molecule has 1 aromatic rings. The molecule has 0 radical (unpaired) electrons. The minimum atomic E-state index is -3.58. The Hall–Kier alpha value is -0.290. The summed E-state index contributed by atoms with van der Waals surface area (Å²) in [5.41, 5.74) is 0. The number of sulfonamides is 1. The molecule has 6 heteroatoms. The van der Waals surface area contributed by atoms with E-state index >= 15 is 0 Å². The number of halogens is 2. The summed E-state index contributed by atoms with van der Waals surface area (Å²) < 4.78 is 27.4. The number of benzene rings is 1. The zero-order valence-corrected chi connectivity index (χ0v) is 13.0. The fourth-order valence-electron chi connectivity index (χ4n) is 2.45. The second kappa shape index (κ2) is 6.00. The maximum absolute atomic E-state index is 12.3. The molecular formula is C13H17Cl2NO2S. The van der Waals surface area contributed by atoms with Gasteiger partial charge < -0.3 is 0 Å². The summed E-state index contributed by atoms with van der Waals surface area (Å²) in [5.74, 6) is 0.356. The van der Waals surface area contributed by atoms with E-state index in [0.29, 0.717) is 10.9 Å². The lowest BCUT2D eigenvalue weighted by molar-refractivity contribution is 0.310. The first-order chi connectivity index (χ1) is 8.90. The molecule has 2 atom stereocenters. The van der Waals surface area contributed by atoms with Crippen LogP contribution in [0.15, 0.2) is 23.1 Å². The fraction of sp³-hybridized carbons (Fsp3) is 0.538. The van der Waals surface area contributed by atoms with Crippen molar-refractivity contribution in [2.75, 3.05) is 0 Å². The molecule has 3 nitrogen and oxygen atoms in total. The highest BCUT2D eigenvalue weighted by Crippen LogP contribution is 2.28. The second-order valence-corrected chi connectivity index (χ2v) is 7.59. The molecule has 0 aliphatic heterocycles. The number of rotatable bonds is 3. The van der Waals surface area contributed by atoms with Gasteiger partial charge in [-0.25, -0.2) is 13.1 Å². The van der Waals surface area contributed by atoms with Crippen LogP contribution in [0.25, 0.3) is 0 Å². The highest BCUT2D eigenvalue weighted by molar-refractivity contribution is 7.89. The average molecular weight is 322 g/mol. The molecule has 1 fully saturated rings. The third-order valence-corrected chi connectivity index (χ3v) is 5.81. The summed E-state index contributed by atoms with van der Waals surface area (Å²) in [6.45, 7) is 2.08. The van der Waals surface area contributed by atoms with E-state index in [2.05, 4.69) is 11.6 Å². The summed E-state index contributed by atoms with van der Waals surface area (Å²) in [4.78, 5) is 0.0938. The third kappa shape index (κ3) is 3.63. The van der Waals surface area contributed by atoms with Gasteiger partial charge in [0.25, 0.3) is 0 Å². The van der Waals surface area contributed by atoms with E-state index in [4.69, 9.17) is 23.2 Å². The van der Waals surface area contributed by atoms with Gasteiger partial charge in [0.1, 0.15) is 4.90 Å². The van der Waals surface area contributed by atoms with Gasteiger partial charge in [0.05, 0.1) is 5.02 Å². The maximum Gasteiger partial charge on any atom is 0.242 e. The zero-order valence-electron chi connectivity index (χ0n) is 10.7. The van der Waals surface area contributed by atoms with E-state index in [9.17, 15) is 8.42 Å². The molecule has 0 saturated heterocycles. The van der Waals surface area contributed by atoms with E-state index in [1.807, 2.05) is 0 Å². The van der Waals surface area contributed by atoms with Crippen molar-refractivity contribution in [1.82, 2.24) is 4.72 Å². The molecule has 0 aromatic heterocycles. The number of hydrogen-bond acceptors (Lipinski definition) is 2. The van der Waals surface area contributed by atoms with Crippen molar-refractivity contribution in [2.45, 2.75) is 43.5 Å². The van der Waals surface area contributed by atoms with Crippen LogP contribution in [0.1, 0.15) is 32.6 Å². The van der Waals surface area contributed by atoms with Crippen molar-refractivity contribution in [3.8, 4) is 0 Å². The lowest BCUT2D eigenvalue weighted by Crippen LogP contribution is -2.41. The highest BCUT2D eigenvalue weighted by atomic mass is 35.5. The van der Waals surface area contributed by atoms with Gasteiger partial charge in [-0.3, -0.25) is 0 Å². The maximum atomic E-state index is 12.3. The Kier molecular flexibility index (Phi) is 4.77. The van der Waals surface area contributed by atoms with Crippen molar-refractivity contribution >= 4 is 33.2 Å². The molecule has 1 aliphatic rings. The quantitative estimate of drug-likeness (QED) is 0.919. The molecule has 2 rings (SSSR count). The van der Waals surface area contributed by atoms with Gasteiger partial charge in [0, 0.05) is 11.1 Å². The van der Waals surface area contributed by atoms with E-state index in [0.717, 1.165) is 19.3 Å². The summed E-state index contributed by atoms with van der Waals surface area (Å²) in [6.07, 6.45) is 4.17. The van der Waals surface area contributed by atoms with Crippen LogP contribution in [0.5, 0.6) is 0 Å². The average Bonchev–Trinajstić information content (AvgIpc) is 2.31. The van der Waals surface area contributed by atoms with Crippen LogP contribution in [-0.2, 0) is 10.0 Å². The van der Waals surface area contributed by atoms with Crippen molar-refractivity contribution < 1.29 is 8.42 Å². The van der Waals surface area contributed by atoms with Gasteiger partial charge in [0.2, 0.25) is 10.0 Å². The first-order valence-corrected chi connectivity index (χ1v) is 8.61. The molecule has 1 aliphatic carbocycles. The van der Waals surface area contributed by atoms with Crippen molar-refractivity contribution in [3.63, 3.8) is 0 Å². The van der Waals surface area contributed by atoms with Gasteiger partial charge in [-0.1, -0.05) is 43.0 Å². The first-order valence-electron chi connectivity index (χ1n) is 6.37. The predicted molar refractivity (Wildman–Crippen MR) is 78.2 cm³/mol. The third-order valence-electron chi connectivity index (χ3n) is 3.60. The van der Waals surface area contributed by atoms with E-state index in [1.165, 1.54) is 24.6 Å². The van der Waals surface area contributed by atoms with Gasteiger partial charge in [-0.2, -0.15) is 0 Å². The predicted octanol–water partition coefficient (Wildman–Crippen LogP) is 3.85. The summed E-state index contributed by atoms with van der Waals surface area (Å²) in [6, 6.07) is 4.42. The van der Waals surface area contributed by atoms with Gasteiger partial charge in [0.15, 0.2) is 0 Å². The van der Waals surface area contributed by atoms with Crippen molar-refractivity contribution in [2.24, 2.45) is 5.92 Å². The van der Waals surface area contributed by atoms with Crippen LogP contribution in [-0.4, -0.2) is 14.5 Å². The molecule has 1 saturated carbocycles. The molecule has 19 heavy (non-hydrogen) atoms. The summed E-state index contributed by atoms with van der Waals surface area (Å²) in [7, 11) is -3.58. The Balaban J connectivity index is 2.22. The molecule has 0 spiro atoms. The smallest absolute Gasteiger partial charge is 0.208 e. The topological polar surface area (TPSA) is 46.2 Å². The molecule has 0 heterocycles. The fourth-order valence-corrected chi connectivity index (χ4v) is 4.60. The summed E-state index contributed by atoms with van der Waals surface area (Å²) in [5, 5.41) is 0.582. The van der Waals surface area contributed by atoms with Crippen LogP contribution in [0, 0.1) is 5.92 Å². The Morgan fingerprint density at radius 2 is 1.89 bits per heavy atom. The number of nitrogens with one attached hydrogen (secondary N) is 1. The Morgan fingerprint density at radius 3 is 2.53 bits per heavy atom. The standard InChI is InChI=1S/C13H17Cl2NO2S/c1-9-4-2-3-5-12(9)16-19(17,18)13-7-6-10(14)8-11(13)15/h6-9,12,16H,2-5H2,1H3/t9-,12+/m0/s1. The van der Waals surface area contributed by atoms with Crippen molar-refractivity contribution in [1.29, 1.82) is 0 Å². The first kappa shape index (κ1) is 15.1. The van der Waals surface area contributed by atoms with Crippen LogP contribution in [0.3, 0.4) is 0 Å². The van der Waals surface area contributed by atoms with Crippen LogP contribution >= 0.6 is 23.2 Å². The van der Waals surface area contributed by atoms with Gasteiger partial charge in [-0.15, -0.1) is 0 Å². The molecule has 106 valence electrons. The second-order valence-electron chi connectivity index (χ2n) is 5.06. The van der Waals surface area contributed by atoms with Gasteiger partial charge in [-0.05, 0) is 37.0 Å². The van der Waals surface area contributed by atoms with E-state index in [-0.39, 0.29) is 16.0 Å². The number of hydrogen-bond donors (Lipinski definition) is 1. The molecule has 0 bridgehead atoms. The minimum Gasteiger partial charge on any atom is -0.208 e. The Bertz CT molecular complexity index is 560. The van der Waals surface area contributed by atoms with Crippen LogP contribution in [0.2, 0.25) is 10.0 Å². The SMILES string of the molecule is C[C@H]1CCCC[C@H]1NS(=O)(=O)c1ccc(Cl)cc1Cl. The summed E-state index contributed by atoms with van der Waals surface area (Å²) >= 11 is 11.7. The lowest BCUT2D eigenvalue weighted by Gasteiger charge is -2.29. The van der Waals surface area contributed by atoms with Crippen LogP contribution < -0.4 is 4.72 Å². The Morgan fingerprint density at radius 1 is 1.21 bits per heavy atom. The normalized spacial score (nSPS) is 24.4. The Labute approximate surface area is 124 Å². The van der Waals surface area contributed by atoms with E-state index in [1.54, 1.807) is 0 Å². The zero-order chi connectivity index (χ0) is 14.0. The molecular weight excluding hydrogens is 305 g/mol. The molecule has 0 amide bonds. The molecule has 1 aromatic carbocycles. The van der Waals surface area contributed by atoms with E-state index < -0.39 is 10.0 Å². The van der Waals surface area contributed by atoms with Gasteiger partial charge >= 0.3 is 0 Å². The highest BCUT2D eigenvalue weighted by Gasteiger charge is 2.27. The monoisotopic (exact) mass is 321 g/mol. The largest absolute Gasteiger partial charge is 0.242 e. The molecule has 1 N–H and O–H groups in total. The van der Waals surface area contributed by atoms with Crippen molar-refractivity contribution in [3.05, 3.63) is 28.2 Å². The lowest BCUT2D eigenvalue weighted by atomic mass is 9.87. The van der Waals surface area contributed by atoms with Crippen LogP contribution in [0.4, 0.5) is 0 Å².